The van der Waals surface area contributed by atoms with Gasteiger partial charge in [-0.3, -0.25) is 0 Å². The molecule has 1 atom stereocenters. The predicted molar refractivity (Wildman–Crippen MR) is 68.9 cm³/mol. The Balaban J connectivity index is 2.23. The molecule has 0 saturated carbocycles. The second-order valence-electron chi connectivity index (χ2n) is 3.60. The summed E-state index contributed by atoms with van der Waals surface area (Å²) >= 11 is 1.67. The van der Waals surface area contributed by atoms with E-state index in [0.29, 0.717) is 11.8 Å². The Bertz CT molecular complexity index is 458. The lowest BCUT2D eigenvalue weighted by molar-refractivity contribution is 0.426. The molecule has 4 nitrogen and oxygen atoms in total. The third kappa shape index (κ3) is 2.87. The summed E-state index contributed by atoms with van der Waals surface area (Å²) in [5.74, 6) is 2.03. The zero-order valence-electron chi connectivity index (χ0n) is 9.88. The van der Waals surface area contributed by atoms with Gasteiger partial charge in [0.25, 0.3) is 0 Å². The van der Waals surface area contributed by atoms with Crippen molar-refractivity contribution < 1.29 is 4.42 Å². The minimum Gasteiger partial charge on any atom is -0.422 e. The monoisotopic (exact) mass is 249 g/mol. The summed E-state index contributed by atoms with van der Waals surface area (Å²) < 4.78 is 5.63. The minimum absolute atomic E-state index is 0.0423. The molecule has 0 aliphatic rings. The van der Waals surface area contributed by atoms with Gasteiger partial charge in [0.15, 0.2) is 0 Å². The molecule has 0 bridgehead atoms. The van der Waals surface area contributed by atoms with Crippen LogP contribution in [-0.4, -0.2) is 23.5 Å². The molecule has 0 aliphatic carbocycles. The van der Waals surface area contributed by atoms with Gasteiger partial charge in [-0.25, -0.2) is 0 Å². The molecule has 0 fully saturated rings. The largest absolute Gasteiger partial charge is 0.422 e. The van der Waals surface area contributed by atoms with Crippen LogP contribution in [0.5, 0.6) is 0 Å². The number of benzene rings is 1. The van der Waals surface area contributed by atoms with Gasteiger partial charge in [0.1, 0.15) is 6.04 Å². The maximum atomic E-state index is 5.63. The van der Waals surface area contributed by atoms with Crippen molar-refractivity contribution in [1.82, 2.24) is 15.5 Å². The molecule has 2 rings (SSSR count). The van der Waals surface area contributed by atoms with Crippen molar-refractivity contribution in [2.24, 2.45) is 0 Å². The zero-order valence-corrected chi connectivity index (χ0v) is 10.7. The van der Waals surface area contributed by atoms with E-state index >= 15 is 0 Å². The fourth-order valence-electron chi connectivity index (χ4n) is 1.64. The van der Waals surface area contributed by atoms with E-state index in [1.165, 1.54) is 0 Å². The standard InChI is InChI=1S/C12H15N3OS/c1-13-11(9-6-4-3-5-7-9)12-15-14-10(16-12)8-17-2/h3-7,11,13H,8H2,1-2H3. The molecule has 0 radical (unpaired) electrons. The van der Waals surface area contributed by atoms with Gasteiger partial charge in [0, 0.05) is 0 Å². The van der Waals surface area contributed by atoms with E-state index in [1.54, 1.807) is 11.8 Å². The summed E-state index contributed by atoms with van der Waals surface area (Å²) in [6.07, 6.45) is 2.01. The van der Waals surface area contributed by atoms with Crippen LogP contribution in [-0.2, 0) is 5.75 Å². The van der Waals surface area contributed by atoms with E-state index in [4.69, 9.17) is 4.42 Å². The first kappa shape index (κ1) is 12.1. The van der Waals surface area contributed by atoms with Crippen LogP contribution in [0, 0.1) is 0 Å². The molecule has 0 saturated heterocycles. The molecular weight excluding hydrogens is 234 g/mol. The molecule has 1 unspecified atom stereocenters. The van der Waals surface area contributed by atoms with Gasteiger partial charge in [-0.1, -0.05) is 30.3 Å². The molecule has 1 aromatic carbocycles. The highest BCUT2D eigenvalue weighted by atomic mass is 32.2. The molecule has 0 spiro atoms. The lowest BCUT2D eigenvalue weighted by atomic mass is 10.1. The Morgan fingerprint density at radius 2 is 2.06 bits per heavy atom. The summed E-state index contributed by atoms with van der Waals surface area (Å²) in [7, 11) is 1.89. The summed E-state index contributed by atoms with van der Waals surface area (Å²) in [6.45, 7) is 0. The average Bonchev–Trinajstić information content (AvgIpc) is 2.81. The Morgan fingerprint density at radius 3 is 2.71 bits per heavy atom. The number of rotatable bonds is 5. The molecular formula is C12H15N3OS. The second-order valence-corrected chi connectivity index (χ2v) is 4.47. The first-order valence-corrected chi connectivity index (χ1v) is 6.78. The minimum atomic E-state index is -0.0423. The number of thioether (sulfide) groups is 1. The van der Waals surface area contributed by atoms with E-state index in [1.807, 2.05) is 43.6 Å². The molecule has 0 amide bonds. The van der Waals surface area contributed by atoms with Crippen molar-refractivity contribution >= 4 is 11.8 Å². The number of hydrogen-bond acceptors (Lipinski definition) is 5. The van der Waals surface area contributed by atoms with Crippen molar-refractivity contribution in [3.8, 4) is 0 Å². The van der Waals surface area contributed by atoms with Gasteiger partial charge in [0.2, 0.25) is 11.8 Å². The quantitative estimate of drug-likeness (QED) is 0.880. The van der Waals surface area contributed by atoms with E-state index in [2.05, 4.69) is 15.5 Å². The molecule has 90 valence electrons. The topological polar surface area (TPSA) is 51.0 Å². The lowest BCUT2D eigenvalue weighted by Crippen LogP contribution is -2.17. The van der Waals surface area contributed by atoms with E-state index in [0.717, 1.165) is 11.3 Å². The lowest BCUT2D eigenvalue weighted by Gasteiger charge is -2.11. The van der Waals surface area contributed by atoms with Gasteiger partial charge in [-0.05, 0) is 18.9 Å². The number of nitrogens with one attached hydrogen (secondary N) is 1. The van der Waals surface area contributed by atoms with Crippen molar-refractivity contribution in [3.63, 3.8) is 0 Å². The van der Waals surface area contributed by atoms with Crippen molar-refractivity contribution in [2.75, 3.05) is 13.3 Å². The molecule has 2 aromatic rings. The van der Waals surface area contributed by atoms with E-state index < -0.39 is 0 Å². The summed E-state index contributed by atoms with van der Waals surface area (Å²) in [4.78, 5) is 0. The Morgan fingerprint density at radius 1 is 1.29 bits per heavy atom. The van der Waals surface area contributed by atoms with Gasteiger partial charge in [0.05, 0.1) is 5.75 Å². The third-order valence-corrected chi connectivity index (χ3v) is 2.95. The summed E-state index contributed by atoms with van der Waals surface area (Å²) in [5, 5.41) is 11.3. The van der Waals surface area contributed by atoms with Crippen LogP contribution >= 0.6 is 11.8 Å². The number of nitrogens with zero attached hydrogens (tertiary/aromatic N) is 2. The summed E-state index contributed by atoms with van der Waals surface area (Å²) in [6, 6.07) is 10.0. The highest BCUT2D eigenvalue weighted by molar-refractivity contribution is 7.97. The Kier molecular flexibility index (Phi) is 4.17. The fourth-order valence-corrected chi connectivity index (χ4v) is 2.01. The number of hydrogen-bond donors (Lipinski definition) is 1. The first-order valence-electron chi connectivity index (χ1n) is 5.38. The van der Waals surface area contributed by atoms with Crippen LogP contribution in [0.25, 0.3) is 0 Å². The van der Waals surface area contributed by atoms with Gasteiger partial charge < -0.3 is 9.73 Å². The maximum Gasteiger partial charge on any atom is 0.237 e. The molecule has 1 heterocycles. The van der Waals surface area contributed by atoms with Crippen LogP contribution in [0.4, 0.5) is 0 Å². The van der Waals surface area contributed by atoms with E-state index in [-0.39, 0.29) is 6.04 Å². The molecule has 5 heteroatoms. The van der Waals surface area contributed by atoms with Gasteiger partial charge >= 0.3 is 0 Å². The second kappa shape index (κ2) is 5.84. The SMILES string of the molecule is CNC(c1ccccc1)c1nnc(CSC)o1. The Hall–Kier alpha value is -1.33. The third-order valence-electron chi connectivity index (χ3n) is 2.42. The number of aromatic nitrogens is 2. The van der Waals surface area contributed by atoms with Crippen LogP contribution in [0.1, 0.15) is 23.4 Å². The predicted octanol–water partition coefficient (Wildman–Crippen LogP) is 2.24. The fraction of sp³-hybridized carbons (Fsp3) is 0.333. The molecule has 0 aliphatic heterocycles. The Labute approximate surface area is 105 Å². The van der Waals surface area contributed by atoms with Gasteiger partial charge in [-0.15, -0.1) is 10.2 Å². The van der Waals surface area contributed by atoms with Crippen molar-refractivity contribution in [3.05, 3.63) is 47.7 Å². The van der Waals surface area contributed by atoms with Gasteiger partial charge in [-0.2, -0.15) is 11.8 Å². The molecule has 1 aromatic heterocycles. The molecule has 17 heavy (non-hydrogen) atoms. The first-order chi connectivity index (χ1) is 8.35. The maximum absolute atomic E-state index is 5.63. The smallest absolute Gasteiger partial charge is 0.237 e. The highest BCUT2D eigenvalue weighted by Crippen LogP contribution is 2.21. The van der Waals surface area contributed by atoms with Crippen LogP contribution in [0.2, 0.25) is 0 Å². The summed E-state index contributed by atoms with van der Waals surface area (Å²) in [5.41, 5.74) is 1.12. The van der Waals surface area contributed by atoms with Crippen molar-refractivity contribution in [1.29, 1.82) is 0 Å². The zero-order chi connectivity index (χ0) is 12.1. The van der Waals surface area contributed by atoms with Crippen LogP contribution < -0.4 is 5.32 Å². The van der Waals surface area contributed by atoms with Crippen LogP contribution in [0.3, 0.4) is 0 Å². The van der Waals surface area contributed by atoms with Crippen LogP contribution in [0.15, 0.2) is 34.7 Å². The average molecular weight is 249 g/mol. The van der Waals surface area contributed by atoms with Crippen molar-refractivity contribution in [2.45, 2.75) is 11.8 Å². The normalized spacial score (nSPS) is 12.6. The highest BCUT2D eigenvalue weighted by Gasteiger charge is 2.18. The molecule has 1 N–H and O–H groups in total. The van der Waals surface area contributed by atoms with E-state index in [9.17, 15) is 0 Å².